The van der Waals surface area contributed by atoms with Crippen LogP contribution in [-0.2, 0) is 5.41 Å². The van der Waals surface area contributed by atoms with Crippen molar-refractivity contribution in [3.8, 4) is 44.9 Å². The van der Waals surface area contributed by atoms with Crippen LogP contribution < -0.4 is 9.64 Å². The van der Waals surface area contributed by atoms with Crippen LogP contribution in [0.15, 0.2) is 208 Å². The van der Waals surface area contributed by atoms with Crippen LogP contribution in [0.4, 0.5) is 17.1 Å². The molecule has 4 heteroatoms. The normalized spacial score (nSPS) is 13.4. The molecule has 0 amide bonds. The van der Waals surface area contributed by atoms with E-state index in [1.165, 1.54) is 53.0 Å². The van der Waals surface area contributed by atoms with Gasteiger partial charge in [-0.2, -0.15) is 0 Å². The first-order chi connectivity index (χ1) is 27.0. The molecule has 0 saturated heterocycles. The lowest BCUT2D eigenvalue weighted by Gasteiger charge is -2.35. The van der Waals surface area contributed by atoms with Crippen molar-refractivity contribution < 1.29 is 4.74 Å². The van der Waals surface area contributed by atoms with Crippen molar-refractivity contribution in [2.45, 2.75) is 38.8 Å². The summed E-state index contributed by atoms with van der Waals surface area (Å²) in [7, 11) is 0. The van der Waals surface area contributed by atoms with Crippen molar-refractivity contribution in [2.24, 2.45) is 0 Å². The Kier molecular flexibility index (Phi) is 8.39. The van der Waals surface area contributed by atoms with E-state index >= 15 is 0 Å². The average molecular weight is 744 g/mol. The maximum Gasteiger partial charge on any atom is 0.139 e. The van der Waals surface area contributed by atoms with E-state index in [1.807, 2.05) is 23.5 Å². The van der Waals surface area contributed by atoms with Crippen molar-refractivity contribution in [2.75, 3.05) is 4.90 Å². The number of ether oxygens (including phenoxy) is 1. The minimum Gasteiger partial charge on any atom is -0.456 e. The standard InChI is InChI=1S/C51H37NOS2/c1-51(2)43-16-6-7-18-45(43)53-49-41(14-10-17-44(49)51)36-24-30-39(31-25-36)52(38-28-22-35(23-29-38)34-12-4-3-5-13-34)40-32-26-37(27-33-40)42-15-11-21-48-50(42)55-47-20-9-8-19-46(47)54-48/h3-33H,1-2H3. The molecule has 0 aliphatic carbocycles. The van der Waals surface area contributed by atoms with Crippen LogP contribution in [0.2, 0.25) is 0 Å². The molecule has 2 aliphatic rings. The fraction of sp³-hybridized carbons (Fsp3) is 0.0588. The average Bonchev–Trinajstić information content (AvgIpc) is 3.24. The molecule has 0 saturated carbocycles. The monoisotopic (exact) mass is 743 g/mol. The van der Waals surface area contributed by atoms with E-state index < -0.39 is 0 Å². The van der Waals surface area contributed by atoms with E-state index in [9.17, 15) is 0 Å². The summed E-state index contributed by atoms with van der Waals surface area (Å²) in [5, 5.41) is 0. The molecule has 0 N–H and O–H groups in total. The Morgan fingerprint density at radius 1 is 0.400 bits per heavy atom. The largest absolute Gasteiger partial charge is 0.456 e. The van der Waals surface area contributed by atoms with Gasteiger partial charge in [0.05, 0.1) is 0 Å². The summed E-state index contributed by atoms with van der Waals surface area (Å²) in [6, 6.07) is 67.7. The zero-order chi connectivity index (χ0) is 36.9. The van der Waals surface area contributed by atoms with Crippen LogP contribution >= 0.6 is 23.5 Å². The van der Waals surface area contributed by atoms with Crippen LogP contribution in [0, 0.1) is 0 Å². The van der Waals surface area contributed by atoms with Crippen molar-refractivity contribution in [1.82, 2.24) is 0 Å². The lowest BCUT2D eigenvalue weighted by molar-refractivity contribution is 0.419. The second-order valence-corrected chi connectivity index (χ2v) is 16.7. The number of nitrogens with zero attached hydrogens (tertiary/aromatic N) is 1. The number of hydrogen-bond donors (Lipinski definition) is 0. The Balaban J connectivity index is 1.02. The Labute approximate surface area is 331 Å². The number of fused-ring (bicyclic) bond motifs is 4. The highest BCUT2D eigenvalue weighted by molar-refractivity contribution is 8.05. The fourth-order valence-corrected chi connectivity index (χ4v) is 10.3. The maximum atomic E-state index is 6.65. The van der Waals surface area contributed by atoms with Gasteiger partial charge in [-0.3, -0.25) is 0 Å². The fourth-order valence-electron chi connectivity index (χ4n) is 7.93. The van der Waals surface area contributed by atoms with Crippen molar-refractivity contribution >= 4 is 40.6 Å². The Hall–Kier alpha value is -5.94. The molecule has 0 unspecified atom stereocenters. The lowest BCUT2D eigenvalue weighted by Crippen LogP contribution is -2.24. The molecule has 55 heavy (non-hydrogen) atoms. The molecule has 10 rings (SSSR count). The maximum absolute atomic E-state index is 6.65. The number of benzene rings is 8. The first kappa shape index (κ1) is 33.6. The van der Waals surface area contributed by atoms with E-state index in [0.29, 0.717) is 0 Å². The highest BCUT2D eigenvalue weighted by atomic mass is 32.2. The zero-order valence-electron chi connectivity index (χ0n) is 30.6. The van der Waals surface area contributed by atoms with E-state index in [1.54, 1.807) is 0 Å². The van der Waals surface area contributed by atoms with Gasteiger partial charge in [0, 0.05) is 58.7 Å². The van der Waals surface area contributed by atoms with E-state index in [0.717, 1.165) is 39.7 Å². The molecule has 8 aromatic rings. The summed E-state index contributed by atoms with van der Waals surface area (Å²) in [6.45, 7) is 4.57. The SMILES string of the molecule is CC1(C)c2ccccc2Oc2c(-c3ccc(N(c4ccc(-c5ccccc5)cc4)c4ccc(-c5cccc6c5Sc5ccccc5S6)cc4)cc3)cccc21. The Bertz CT molecular complexity index is 2680. The Morgan fingerprint density at radius 3 is 1.58 bits per heavy atom. The smallest absolute Gasteiger partial charge is 0.139 e. The molecular weight excluding hydrogens is 707 g/mol. The van der Waals surface area contributed by atoms with E-state index in [4.69, 9.17) is 4.74 Å². The van der Waals surface area contributed by atoms with Crippen LogP contribution in [0.1, 0.15) is 25.0 Å². The summed E-state index contributed by atoms with van der Waals surface area (Å²) in [6.07, 6.45) is 0. The van der Waals surface area contributed by atoms with Gasteiger partial charge in [0.25, 0.3) is 0 Å². The number of rotatable bonds is 6. The molecule has 0 bridgehead atoms. The van der Waals surface area contributed by atoms with Gasteiger partial charge in [-0.15, -0.1) is 0 Å². The molecular formula is C51H37NOS2. The second-order valence-electron chi connectivity index (χ2n) is 14.5. The quantitative estimate of drug-likeness (QED) is 0.168. The van der Waals surface area contributed by atoms with Gasteiger partial charge in [0.2, 0.25) is 0 Å². The van der Waals surface area contributed by atoms with Crippen LogP contribution in [0.3, 0.4) is 0 Å². The van der Waals surface area contributed by atoms with Crippen molar-refractivity contribution in [1.29, 1.82) is 0 Å². The summed E-state index contributed by atoms with van der Waals surface area (Å²) >= 11 is 3.73. The molecule has 2 heterocycles. The number of anilines is 3. The molecule has 0 spiro atoms. The molecule has 2 aliphatic heterocycles. The molecule has 264 valence electrons. The summed E-state index contributed by atoms with van der Waals surface area (Å²) in [5.74, 6) is 1.86. The molecule has 2 nitrogen and oxygen atoms in total. The van der Waals surface area contributed by atoms with Gasteiger partial charge in [-0.1, -0.05) is 165 Å². The van der Waals surface area contributed by atoms with E-state index in [2.05, 4.69) is 207 Å². The van der Waals surface area contributed by atoms with Gasteiger partial charge in [-0.05, 0) is 88.5 Å². The molecule has 0 aromatic heterocycles. The lowest BCUT2D eigenvalue weighted by atomic mass is 9.75. The van der Waals surface area contributed by atoms with E-state index in [-0.39, 0.29) is 5.41 Å². The first-order valence-electron chi connectivity index (χ1n) is 18.7. The third-order valence-electron chi connectivity index (χ3n) is 10.8. The summed E-state index contributed by atoms with van der Waals surface area (Å²) < 4.78 is 6.65. The predicted molar refractivity (Wildman–Crippen MR) is 231 cm³/mol. The third kappa shape index (κ3) is 6.03. The summed E-state index contributed by atoms with van der Waals surface area (Å²) in [4.78, 5) is 7.61. The van der Waals surface area contributed by atoms with Crippen LogP contribution in [-0.4, -0.2) is 0 Å². The molecule has 8 aromatic carbocycles. The molecule has 0 radical (unpaired) electrons. The second kappa shape index (κ2) is 13.7. The first-order valence-corrected chi connectivity index (χ1v) is 20.3. The van der Waals surface area contributed by atoms with Gasteiger partial charge < -0.3 is 9.64 Å². The Morgan fingerprint density at radius 2 is 0.891 bits per heavy atom. The highest BCUT2D eigenvalue weighted by Crippen LogP contribution is 2.53. The van der Waals surface area contributed by atoms with Crippen LogP contribution in [0.25, 0.3) is 33.4 Å². The summed E-state index contributed by atoms with van der Waals surface area (Å²) in [5.41, 5.74) is 12.6. The minimum atomic E-state index is -0.171. The highest BCUT2D eigenvalue weighted by Gasteiger charge is 2.35. The number of para-hydroxylation sites is 2. The van der Waals surface area contributed by atoms with Crippen molar-refractivity contribution in [3.05, 3.63) is 199 Å². The van der Waals surface area contributed by atoms with Crippen molar-refractivity contribution in [3.63, 3.8) is 0 Å². The molecule has 0 fully saturated rings. The predicted octanol–water partition coefficient (Wildman–Crippen LogP) is 15.2. The van der Waals surface area contributed by atoms with Crippen LogP contribution in [0.5, 0.6) is 11.5 Å². The third-order valence-corrected chi connectivity index (χ3v) is 13.4. The van der Waals surface area contributed by atoms with Gasteiger partial charge in [-0.25, -0.2) is 0 Å². The zero-order valence-corrected chi connectivity index (χ0v) is 32.2. The molecule has 0 atom stereocenters. The number of hydrogen-bond acceptors (Lipinski definition) is 4. The van der Waals surface area contributed by atoms with Gasteiger partial charge in [0.15, 0.2) is 0 Å². The minimum absolute atomic E-state index is 0.171. The van der Waals surface area contributed by atoms with Gasteiger partial charge >= 0.3 is 0 Å². The topological polar surface area (TPSA) is 12.5 Å². The van der Waals surface area contributed by atoms with Gasteiger partial charge in [0.1, 0.15) is 11.5 Å².